The Balaban J connectivity index is 1.86. The number of carbonyl (C=O) groups excluding carboxylic acids is 2. The number of primary amides is 1. The van der Waals surface area contributed by atoms with Gasteiger partial charge in [0.25, 0.3) is 0 Å². The van der Waals surface area contributed by atoms with Gasteiger partial charge in [-0.3, -0.25) is 9.59 Å². The Morgan fingerprint density at radius 3 is 2.67 bits per heavy atom. The van der Waals surface area contributed by atoms with Gasteiger partial charge in [0.2, 0.25) is 17.6 Å². The molecule has 0 saturated heterocycles. The Morgan fingerprint density at radius 1 is 1.38 bits per heavy atom. The molecule has 2 amide bonds. The first-order valence-corrected chi connectivity index (χ1v) is 7.11. The predicted octanol–water partition coefficient (Wildman–Crippen LogP) is 0.725. The average Bonchev–Trinajstić information content (AvgIpc) is 3.35. The van der Waals surface area contributed by atoms with E-state index >= 15 is 0 Å². The van der Waals surface area contributed by atoms with Crippen molar-refractivity contribution in [2.45, 2.75) is 12.8 Å². The Hall–Kier alpha value is -2.84. The van der Waals surface area contributed by atoms with Crippen molar-refractivity contribution in [2.75, 3.05) is 13.2 Å². The highest BCUT2D eigenvalue weighted by Gasteiger charge is 2.55. The van der Waals surface area contributed by atoms with Gasteiger partial charge in [-0.1, -0.05) is 5.16 Å². The summed E-state index contributed by atoms with van der Waals surface area (Å²) in [5, 5.41) is 6.07. The molecule has 2 rings (SSSR count). The third-order valence-electron chi connectivity index (χ3n) is 3.61. The van der Waals surface area contributed by atoms with Crippen LogP contribution in [0.25, 0.3) is 0 Å². The smallest absolute Gasteiger partial charge is 0.235 e. The van der Waals surface area contributed by atoms with Gasteiger partial charge in [0, 0.05) is 0 Å². The second-order valence-electron chi connectivity index (χ2n) is 5.23. The molecule has 9 heteroatoms. The molecule has 128 valence electrons. The van der Waals surface area contributed by atoms with Crippen molar-refractivity contribution in [2.24, 2.45) is 21.3 Å². The van der Waals surface area contributed by atoms with Gasteiger partial charge in [0.1, 0.15) is 23.7 Å². The molecule has 24 heavy (non-hydrogen) atoms. The van der Waals surface area contributed by atoms with Gasteiger partial charge >= 0.3 is 0 Å². The number of amides is 2. The summed E-state index contributed by atoms with van der Waals surface area (Å²) in [6, 6.07) is 2.81. The number of nitrogens with one attached hydrogen (secondary N) is 1. The number of carbonyl (C=O) groups is 2. The maximum atomic E-state index is 13.6. The second-order valence-corrected chi connectivity index (χ2v) is 5.23. The van der Waals surface area contributed by atoms with Gasteiger partial charge in [0.15, 0.2) is 0 Å². The monoisotopic (exact) mass is 338 g/mol. The van der Waals surface area contributed by atoms with Crippen LogP contribution in [0.5, 0.6) is 0 Å². The lowest BCUT2D eigenvalue weighted by Gasteiger charge is -2.11. The SMILES string of the molecule is C=N/C(=N\OCCNC(=O)C1(C(N)=O)CC1)c1cc(F)ccc1F. The molecule has 0 spiro atoms. The van der Waals surface area contributed by atoms with E-state index in [4.69, 9.17) is 10.6 Å². The van der Waals surface area contributed by atoms with Crippen LogP contribution in [0, 0.1) is 17.0 Å². The summed E-state index contributed by atoms with van der Waals surface area (Å²) in [4.78, 5) is 31.4. The number of nitrogens with zero attached hydrogens (tertiary/aromatic N) is 2. The molecule has 0 unspecified atom stereocenters. The van der Waals surface area contributed by atoms with Crippen LogP contribution in [0.1, 0.15) is 18.4 Å². The Kier molecular flexibility index (Phi) is 5.22. The zero-order chi connectivity index (χ0) is 17.7. The maximum absolute atomic E-state index is 13.6. The van der Waals surface area contributed by atoms with Gasteiger partial charge in [-0.2, -0.15) is 0 Å². The normalized spacial score (nSPS) is 15.5. The first kappa shape index (κ1) is 17.5. The topological polar surface area (TPSA) is 106 Å². The van der Waals surface area contributed by atoms with Crippen molar-refractivity contribution in [3.63, 3.8) is 0 Å². The fourth-order valence-electron chi connectivity index (χ4n) is 2.03. The third kappa shape index (κ3) is 3.73. The molecule has 0 aliphatic heterocycles. The first-order valence-electron chi connectivity index (χ1n) is 7.11. The van der Waals surface area contributed by atoms with Crippen molar-refractivity contribution in [1.82, 2.24) is 5.32 Å². The molecule has 0 bridgehead atoms. The van der Waals surface area contributed by atoms with Crippen LogP contribution in [-0.2, 0) is 14.4 Å². The largest absolute Gasteiger partial charge is 0.392 e. The molecule has 0 heterocycles. The van der Waals surface area contributed by atoms with Gasteiger partial charge < -0.3 is 15.9 Å². The van der Waals surface area contributed by atoms with E-state index in [-0.39, 0.29) is 24.6 Å². The van der Waals surface area contributed by atoms with Crippen molar-refractivity contribution < 1.29 is 23.2 Å². The summed E-state index contributed by atoms with van der Waals surface area (Å²) in [5.41, 5.74) is 3.87. The number of nitrogens with two attached hydrogens (primary N) is 1. The number of hydrogen-bond donors (Lipinski definition) is 2. The minimum Gasteiger partial charge on any atom is -0.392 e. The summed E-state index contributed by atoms with van der Waals surface area (Å²) in [6.07, 6.45) is 0.854. The lowest BCUT2D eigenvalue weighted by Crippen LogP contribution is -2.41. The third-order valence-corrected chi connectivity index (χ3v) is 3.61. The summed E-state index contributed by atoms with van der Waals surface area (Å²) in [6.45, 7) is 3.23. The summed E-state index contributed by atoms with van der Waals surface area (Å²) in [7, 11) is 0. The lowest BCUT2D eigenvalue weighted by molar-refractivity contribution is -0.135. The average molecular weight is 338 g/mol. The van der Waals surface area contributed by atoms with Crippen LogP contribution in [-0.4, -0.2) is 37.5 Å². The molecule has 1 aromatic rings. The summed E-state index contributed by atoms with van der Waals surface area (Å²) < 4.78 is 26.8. The van der Waals surface area contributed by atoms with E-state index < -0.39 is 28.9 Å². The lowest BCUT2D eigenvalue weighted by atomic mass is 10.1. The quantitative estimate of drug-likeness (QED) is 0.252. The van der Waals surface area contributed by atoms with E-state index in [1.54, 1.807) is 0 Å². The number of halogens is 2. The number of benzene rings is 1. The van der Waals surface area contributed by atoms with Crippen LogP contribution in [0.4, 0.5) is 8.78 Å². The highest BCUT2D eigenvalue weighted by molar-refractivity contribution is 6.07. The van der Waals surface area contributed by atoms with Gasteiger partial charge in [-0.05, 0) is 37.8 Å². The molecule has 1 aromatic carbocycles. The molecule has 1 saturated carbocycles. The summed E-state index contributed by atoms with van der Waals surface area (Å²) in [5.74, 6) is -2.72. The van der Waals surface area contributed by atoms with Crippen LogP contribution in [0.2, 0.25) is 0 Å². The van der Waals surface area contributed by atoms with Gasteiger partial charge in [0.05, 0.1) is 12.1 Å². The Bertz CT molecular complexity index is 702. The molecule has 0 atom stereocenters. The molecule has 7 nitrogen and oxygen atoms in total. The van der Waals surface area contributed by atoms with E-state index in [0.29, 0.717) is 12.8 Å². The predicted molar refractivity (Wildman–Crippen MR) is 82.3 cm³/mol. The highest BCUT2D eigenvalue weighted by Crippen LogP contribution is 2.45. The highest BCUT2D eigenvalue weighted by atomic mass is 19.1. The van der Waals surface area contributed by atoms with Crippen molar-refractivity contribution in [3.8, 4) is 0 Å². The molecule has 1 aliphatic rings. The Morgan fingerprint density at radius 2 is 2.08 bits per heavy atom. The molecule has 1 fully saturated rings. The van der Waals surface area contributed by atoms with Gasteiger partial charge in [-0.15, -0.1) is 0 Å². The van der Waals surface area contributed by atoms with Crippen LogP contribution in [0.15, 0.2) is 28.3 Å². The van der Waals surface area contributed by atoms with E-state index in [9.17, 15) is 18.4 Å². The molecular formula is C15H16F2N4O3. The van der Waals surface area contributed by atoms with Crippen molar-refractivity contribution >= 4 is 24.4 Å². The van der Waals surface area contributed by atoms with Crippen molar-refractivity contribution in [1.29, 1.82) is 0 Å². The van der Waals surface area contributed by atoms with Crippen LogP contribution >= 0.6 is 0 Å². The molecule has 0 radical (unpaired) electrons. The van der Waals surface area contributed by atoms with E-state index in [1.165, 1.54) is 0 Å². The number of amidine groups is 1. The molecule has 1 aliphatic carbocycles. The zero-order valence-electron chi connectivity index (χ0n) is 12.7. The van der Waals surface area contributed by atoms with Gasteiger partial charge in [-0.25, -0.2) is 13.8 Å². The number of rotatable bonds is 7. The number of hydrogen-bond acceptors (Lipinski definition) is 4. The molecule has 3 N–H and O–H groups in total. The van der Waals surface area contributed by atoms with E-state index in [2.05, 4.69) is 22.2 Å². The first-order chi connectivity index (χ1) is 11.4. The van der Waals surface area contributed by atoms with Crippen LogP contribution < -0.4 is 11.1 Å². The Labute approximate surface area is 136 Å². The van der Waals surface area contributed by atoms with Crippen molar-refractivity contribution in [3.05, 3.63) is 35.4 Å². The number of oxime groups is 1. The fraction of sp³-hybridized carbons (Fsp3) is 0.333. The van der Waals surface area contributed by atoms with E-state index in [1.807, 2.05) is 0 Å². The van der Waals surface area contributed by atoms with Crippen LogP contribution in [0.3, 0.4) is 0 Å². The molecule has 0 aromatic heterocycles. The number of aliphatic imine (C=N–C) groups is 1. The standard InChI is InChI=1S/C15H16F2N4O3/c1-19-12(10-8-9(16)2-3-11(10)17)21-24-7-6-20-14(23)15(4-5-15)13(18)22/h2-3,8H,1,4-7H2,(H2,18,22)(H,20,23)/b21-12-. The molecular weight excluding hydrogens is 322 g/mol. The minimum atomic E-state index is -1.11. The maximum Gasteiger partial charge on any atom is 0.235 e. The second kappa shape index (κ2) is 7.16. The van der Waals surface area contributed by atoms with E-state index in [0.717, 1.165) is 18.2 Å². The fourth-order valence-corrected chi connectivity index (χ4v) is 2.03. The summed E-state index contributed by atoms with van der Waals surface area (Å²) >= 11 is 0. The minimum absolute atomic E-state index is 0.0590. The zero-order valence-corrected chi connectivity index (χ0v) is 12.7.